The highest BCUT2D eigenvalue weighted by Crippen LogP contribution is 2.22. The van der Waals surface area contributed by atoms with Crippen LogP contribution in [-0.2, 0) is 27.9 Å². The number of furan rings is 1. The van der Waals surface area contributed by atoms with E-state index in [0.29, 0.717) is 21.7 Å². The summed E-state index contributed by atoms with van der Waals surface area (Å²) < 4.78 is 35.3. The van der Waals surface area contributed by atoms with Crippen molar-refractivity contribution >= 4 is 37.5 Å². The molecular formula is C21H25N3O5S2. The first-order valence-corrected chi connectivity index (χ1v) is 12.6. The largest absolute Gasteiger partial charge is 0.465 e. The van der Waals surface area contributed by atoms with Crippen molar-refractivity contribution in [1.29, 1.82) is 0 Å². The van der Waals surface area contributed by atoms with Crippen LogP contribution in [0.2, 0.25) is 0 Å². The minimum atomic E-state index is -3.76. The Morgan fingerprint density at radius 3 is 2.65 bits per heavy atom. The molecule has 1 amide bonds. The van der Waals surface area contributed by atoms with Crippen LogP contribution in [0.1, 0.15) is 37.2 Å². The zero-order valence-electron chi connectivity index (χ0n) is 17.3. The van der Waals surface area contributed by atoms with Gasteiger partial charge in [0, 0.05) is 26.1 Å². The van der Waals surface area contributed by atoms with Crippen molar-refractivity contribution in [3.05, 3.63) is 51.5 Å². The lowest BCUT2D eigenvalue weighted by Crippen LogP contribution is -2.36. The molecule has 3 heterocycles. The number of amides is 1. The zero-order chi connectivity index (χ0) is 22.0. The van der Waals surface area contributed by atoms with Gasteiger partial charge < -0.3 is 9.32 Å². The molecule has 0 radical (unpaired) electrons. The van der Waals surface area contributed by atoms with Gasteiger partial charge in [-0.1, -0.05) is 11.3 Å². The number of rotatable bonds is 7. The Balaban J connectivity index is 1.48. The molecule has 8 nitrogen and oxygen atoms in total. The van der Waals surface area contributed by atoms with Crippen molar-refractivity contribution < 1.29 is 17.6 Å². The number of nitrogens with one attached hydrogen (secondary N) is 1. The molecular weight excluding hydrogens is 438 g/mol. The van der Waals surface area contributed by atoms with E-state index < -0.39 is 10.0 Å². The predicted octanol–water partition coefficient (Wildman–Crippen LogP) is 2.85. The Morgan fingerprint density at radius 1 is 1.16 bits per heavy atom. The number of fused-ring (bicyclic) bond motifs is 1. The lowest BCUT2D eigenvalue weighted by Gasteiger charge is -2.26. The highest BCUT2D eigenvalue weighted by atomic mass is 32.2. The molecule has 10 heteroatoms. The number of nitrogens with zero attached hydrogens (tertiary/aromatic N) is 2. The lowest BCUT2D eigenvalue weighted by molar-refractivity contribution is -0.132. The summed E-state index contributed by atoms with van der Waals surface area (Å²) in [6, 6.07) is 8.10. The van der Waals surface area contributed by atoms with E-state index in [-0.39, 0.29) is 35.2 Å². The normalized spacial score (nSPS) is 14.9. The van der Waals surface area contributed by atoms with Crippen molar-refractivity contribution in [3.8, 4) is 0 Å². The summed E-state index contributed by atoms with van der Waals surface area (Å²) in [5.74, 6) is 1.29. The Kier molecular flexibility index (Phi) is 6.31. The number of aryl methyl sites for hydroxylation is 2. The monoisotopic (exact) mass is 463 g/mol. The van der Waals surface area contributed by atoms with Crippen LogP contribution in [0.4, 0.5) is 0 Å². The number of carbonyl (C=O) groups excluding carboxylic acids is 1. The number of benzene rings is 1. The number of thiazole rings is 1. The van der Waals surface area contributed by atoms with E-state index in [1.807, 2.05) is 4.90 Å². The van der Waals surface area contributed by atoms with Crippen molar-refractivity contribution in [2.45, 2.75) is 50.6 Å². The molecule has 0 spiro atoms. The summed E-state index contributed by atoms with van der Waals surface area (Å²) in [6.07, 6.45) is 3.46. The van der Waals surface area contributed by atoms with Gasteiger partial charge in [-0.25, -0.2) is 13.1 Å². The summed E-state index contributed by atoms with van der Waals surface area (Å²) in [5.41, 5.74) is 0.641. The van der Waals surface area contributed by atoms with Gasteiger partial charge in [-0.15, -0.1) is 0 Å². The van der Waals surface area contributed by atoms with Gasteiger partial charge in [-0.05, 0) is 56.5 Å². The Bertz CT molecular complexity index is 1250. The maximum absolute atomic E-state index is 12.7. The van der Waals surface area contributed by atoms with E-state index in [1.54, 1.807) is 29.7 Å². The van der Waals surface area contributed by atoms with Crippen LogP contribution in [0, 0.1) is 6.92 Å². The number of hydrogen-bond donors (Lipinski definition) is 1. The van der Waals surface area contributed by atoms with Crippen molar-refractivity contribution in [2.75, 3.05) is 13.1 Å². The maximum Gasteiger partial charge on any atom is 0.308 e. The Labute approximate surface area is 184 Å². The first-order chi connectivity index (χ1) is 14.8. The smallest absolute Gasteiger partial charge is 0.308 e. The SMILES string of the molecule is Cc1ccc(CNS(=O)(=O)c2ccc3c(c2)sc(=O)n3CCC(=O)N2CCCCC2)o1. The average Bonchev–Trinajstić information content (AvgIpc) is 3.32. The van der Waals surface area contributed by atoms with Crippen LogP contribution < -0.4 is 9.60 Å². The fraction of sp³-hybridized carbons (Fsp3) is 0.429. The van der Waals surface area contributed by atoms with E-state index in [4.69, 9.17) is 4.42 Å². The summed E-state index contributed by atoms with van der Waals surface area (Å²) >= 11 is 0.986. The zero-order valence-corrected chi connectivity index (χ0v) is 18.9. The van der Waals surface area contributed by atoms with Gasteiger partial charge in [0.15, 0.2) is 0 Å². The summed E-state index contributed by atoms with van der Waals surface area (Å²) in [4.78, 5) is 26.7. The first-order valence-electron chi connectivity index (χ1n) is 10.3. The molecule has 1 saturated heterocycles. The van der Waals surface area contributed by atoms with Gasteiger partial charge in [0.2, 0.25) is 15.9 Å². The minimum Gasteiger partial charge on any atom is -0.465 e. The molecule has 1 aliphatic heterocycles. The quantitative estimate of drug-likeness (QED) is 0.581. The molecule has 1 aliphatic rings. The minimum absolute atomic E-state index is 0.0457. The molecule has 0 unspecified atom stereocenters. The van der Waals surface area contributed by atoms with E-state index in [1.165, 1.54) is 12.1 Å². The maximum atomic E-state index is 12.7. The molecule has 3 aromatic rings. The third-order valence-corrected chi connectivity index (χ3v) is 7.78. The Hall–Kier alpha value is -2.43. The number of piperidine rings is 1. The highest BCUT2D eigenvalue weighted by molar-refractivity contribution is 7.89. The highest BCUT2D eigenvalue weighted by Gasteiger charge is 2.19. The molecule has 166 valence electrons. The molecule has 1 fully saturated rings. The molecule has 4 rings (SSSR count). The molecule has 1 N–H and O–H groups in total. The van der Waals surface area contributed by atoms with E-state index in [9.17, 15) is 18.0 Å². The van der Waals surface area contributed by atoms with Crippen molar-refractivity contribution in [2.24, 2.45) is 0 Å². The average molecular weight is 464 g/mol. The predicted molar refractivity (Wildman–Crippen MR) is 119 cm³/mol. The second-order valence-corrected chi connectivity index (χ2v) is 10.4. The number of carbonyl (C=O) groups is 1. The fourth-order valence-electron chi connectivity index (χ4n) is 3.76. The standard InChI is InChI=1S/C21H25N3O5S2/c1-15-5-6-16(29-15)14-22-31(27,28)17-7-8-18-19(13-17)30-21(26)24(18)12-9-20(25)23-10-3-2-4-11-23/h5-8,13,22H,2-4,9-12,14H2,1H3. The van der Waals surface area contributed by atoms with E-state index in [2.05, 4.69) is 4.72 Å². The van der Waals surface area contributed by atoms with Gasteiger partial charge in [-0.2, -0.15) is 0 Å². The summed E-state index contributed by atoms with van der Waals surface area (Å²) in [7, 11) is -3.76. The summed E-state index contributed by atoms with van der Waals surface area (Å²) in [6.45, 7) is 3.69. The van der Waals surface area contributed by atoms with Gasteiger partial charge >= 0.3 is 4.87 Å². The molecule has 2 aromatic heterocycles. The molecule has 0 aliphatic carbocycles. The van der Waals surface area contributed by atoms with E-state index >= 15 is 0 Å². The van der Waals surface area contributed by atoms with Gasteiger partial charge in [0.05, 0.1) is 21.7 Å². The van der Waals surface area contributed by atoms with Crippen LogP contribution >= 0.6 is 11.3 Å². The van der Waals surface area contributed by atoms with Gasteiger partial charge in [0.25, 0.3) is 0 Å². The number of sulfonamides is 1. The molecule has 31 heavy (non-hydrogen) atoms. The second kappa shape index (κ2) is 8.97. The first kappa shape index (κ1) is 21.8. The molecule has 0 saturated carbocycles. The van der Waals surface area contributed by atoms with Gasteiger partial charge in [0.1, 0.15) is 11.5 Å². The van der Waals surface area contributed by atoms with Crippen LogP contribution in [0.5, 0.6) is 0 Å². The molecule has 1 aromatic carbocycles. The summed E-state index contributed by atoms with van der Waals surface area (Å²) in [5, 5.41) is 0. The van der Waals surface area contributed by atoms with Crippen LogP contribution in [0.15, 0.2) is 44.4 Å². The number of likely N-dealkylation sites (tertiary alicyclic amines) is 1. The van der Waals surface area contributed by atoms with Crippen LogP contribution in [-0.4, -0.2) is 36.9 Å². The molecule has 0 atom stereocenters. The van der Waals surface area contributed by atoms with E-state index in [0.717, 1.165) is 43.7 Å². The third-order valence-electron chi connectivity index (χ3n) is 5.44. The van der Waals surface area contributed by atoms with Crippen LogP contribution in [0.25, 0.3) is 10.2 Å². The second-order valence-electron chi connectivity index (χ2n) is 7.68. The number of hydrogen-bond acceptors (Lipinski definition) is 6. The van der Waals surface area contributed by atoms with Gasteiger partial charge in [-0.3, -0.25) is 14.2 Å². The lowest BCUT2D eigenvalue weighted by atomic mass is 10.1. The number of aromatic nitrogens is 1. The molecule has 0 bridgehead atoms. The van der Waals surface area contributed by atoms with Crippen molar-refractivity contribution in [3.63, 3.8) is 0 Å². The van der Waals surface area contributed by atoms with Crippen LogP contribution in [0.3, 0.4) is 0 Å². The topological polar surface area (TPSA) is 102 Å². The van der Waals surface area contributed by atoms with Crippen molar-refractivity contribution in [1.82, 2.24) is 14.2 Å². The third kappa shape index (κ3) is 4.91. The Morgan fingerprint density at radius 2 is 1.94 bits per heavy atom. The fourth-order valence-corrected chi connectivity index (χ4v) is 5.81.